The Bertz CT molecular complexity index is 3330. The van der Waals surface area contributed by atoms with Crippen molar-refractivity contribution < 1.29 is 120 Å². The van der Waals surface area contributed by atoms with E-state index in [0.717, 1.165) is 13.8 Å². The third-order valence-electron chi connectivity index (χ3n) is 15.5. The van der Waals surface area contributed by atoms with Crippen molar-refractivity contribution in [2.75, 3.05) is 45.9 Å². The van der Waals surface area contributed by atoms with Gasteiger partial charge in [0, 0.05) is 32.7 Å². The summed E-state index contributed by atoms with van der Waals surface area (Å²) in [6.45, 7) is 31.8. The van der Waals surface area contributed by atoms with Crippen LogP contribution in [0.15, 0.2) is 0 Å². The summed E-state index contributed by atoms with van der Waals surface area (Å²) >= 11 is 0. The Morgan fingerprint density at radius 2 is 0.826 bits per heavy atom. The molecule has 0 spiro atoms. The lowest BCUT2D eigenvalue weighted by molar-refractivity contribution is -0.153. The van der Waals surface area contributed by atoms with Crippen molar-refractivity contribution in [3.05, 3.63) is 0 Å². The van der Waals surface area contributed by atoms with Gasteiger partial charge in [0.1, 0.15) is 95.0 Å². The number of aliphatic hydroxyl groups excluding tert-OH is 2. The van der Waals surface area contributed by atoms with Gasteiger partial charge in [0.2, 0.25) is 65.0 Å². The molecule has 1 aliphatic heterocycles. The van der Waals surface area contributed by atoms with Crippen LogP contribution in [0.2, 0.25) is 0 Å². The van der Waals surface area contributed by atoms with E-state index in [-0.39, 0.29) is 32.4 Å². The van der Waals surface area contributed by atoms with Gasteiger partial charge < -0.3 is 124 Å². The molecule has 0 aromatic carbocycles. The van der Waals surface area contributed by atoms with Crippen molar-refractivity contribution in [3.8, 4) is 0 Å². The fraction of sp³-hybridized carbons (Fsp3) is 0.770. The molecule has 656 valence electrons. The van der Waals surface area contributed by atoms with Crippen LogP contribution >= 0.6 is 0 Å². The molecule has 0 saturated carbocycles. The first-order valence-corrected chi connectivity index (χ1v) is 38.4. The second-order valence-corrected chi connectivity index (χ2v) is 34.0. The summed E-state index contributed by atoms with van der Waals surface area (Å²) in [5.41, 5.74) is -6.05. The van der Waals surface area contributed by atoms with E-state index in [1.54, 1.807) is 118 Å². The van der Waals surface area contributed by atoms with Gasteiger partial charge in [-0.3, -0.25) is 57.5 Å². The number of ether oxygens (including phenoxy) is 6. The number of carbonyl (C=O) groups excluding carboxylic acids is 17. The Balaban J connectivity index is 4.42. The average molecular weight is 1640 g/mol. The third-order valence-corrected chi connectivity index (χ3v) is 15.5. The van der Waals surface area contributed by atoms with Gasteiger partial charge in [-0.1, -0.05) is 20.8 Å². The van der Waals surface area contributed by atoms with Crippen LogP contribution in [-0.4, -0.2) is 258 Å². The summed E-state index contributed by atoms with van der Waals surface area (Å²) in [4.78, 5) is 237. The standard InChI is InChI=1S/C74H130N16O25/c1-24-42-53(94)83-45(27-33-77-65(106)112-71(12,13)14)55(96)85-47(29-35-79-67(108)114-73(18,19)20)58(99)89-51(40(4)91)61(102)75-31-25-44(54(95)84-46(28-34-78-66(107)113-72(15,16)17)56(97)87-48(37-39(2)3)59(100)82-42)86-60(101)49(38-80-68(109)115-74(21,22)23)88-62(103)52(41(5)92)90-57(98)43(26-32-76-64(105)111-70(9,10)11)81-50(93)30-36-110-63(104)69(6,7)8/h39-49,51-52,91-92H,24-38H2,1-23H3,(H,75,102)(H,76,105)(H,77,106)(H,78,107)(H,79,108)(H,80,109)(H,81,93)(H,82,100)(H,83,94)(H,84,95)(H,85,96)(H,86,101)(H,87,97)(H,88,103)(H,89,99)(H,90,98)/t40-,41?,42-,43-,44-,45-,46+,47-,48+,49-,51-,52-/m0/s1. The minimum atomic E-state index is -2.06. The van der Waals surface area contributed by atoms with E-state index in [2.05, 4.69) is 85.1 Å². The van der Waals surface area contributed by atoms with Crippen molar-refractivity contribution in [3.63, 3.8) is 0 Å². The molecule has 16 amide bonds. The number of carbonyl (C=O) groups is 17. The van der Waals surface area contributed by atoms with Gasteiger partial charge >= 0.3 is 36.4 Å². The smallest absolute Gasteiger partial charge is 0.407 e. The van der Waals surface area contributed by atoms with Crippen molar-refractivity contribution in [1.29, 1.82) is 0 Å². The van der Waals surface area contributed by atoms with E-state index in [0.29, 0.717) is 0 Å². The Morgan fingerprint density at radius 3 is 1.23 bits per heavy atom. The lowest BCUT2D eigenvalue weighted by Crippen LogP contribution is -2.63. The van der Waals surface area contributed by atoms with Crippen molar-refractivity contribution in [1.82, 2.24) is 85.1 Å². The molecule has 1 unspecified atom stereocenters. The zero-order valence-electron chi connectivity index (χ0n) is 70.9. The predicted molar refractivity (Wildman–Crippen MR) is 415 cm³/mol. The molecule has 0 aliphatic carbocycles. The van der Waals surface area contributed by atoms with Gasteiger partial charge in [-0.25, -0.2) is 24.0 Å². The van der Waals surface area contributed by atoms with Gasteiger partial charge in [0.25, 0.3) is 0 Å². The highest BCUT2D eigenvalue weighted by Crippen LogP contribution is 2.17. The molecule has 1 rings (SSSR count). The molecule has 1 aliphatic rings. The normalized spacial score (nSPS) is 20.2. The first-order valence-electron chi connectivity index (χ1n) is 38.4. The highest BCUT2D eigenvalue weighted by Gasteiger charge is 2.39. The summed E-state index contributed by atoms with van der Waals surface area (Å²) in [6.07, 6.45) is -11.8. The quantitative estimate of drug-likeness (QED) is 0.0339. The number of esters is 1. The zero-order chi connectivity index (χ0) is 88.5. The second-order valence-electron chi connectivity index (χ2n) is 34.0. The SMILES string of the molecule is CC[C@@H]1NC(=O)[C@@H](CC(C)C)NC(=O)[C@@H](CCNC(=O)OC(C)(C)C)NC(=O)[C@@H](NC(=O)[C@H](CNC(=O)OC(C)(C)C)NC(=O)[C@@H](NC(=O)[C@H](CCNC(=O)OC(C)(C)C)NC(=O)CCOC(=O)C(C)(C)C)C(C)O)CCNC(=O)[C@H]([C@H](C)O)NC(=O)[C@H](CCNC(=O)OC(C)(C)C)NC(=O)[C@H](CCNC(=O)OC(C)(C)C)NC1=O. The molecule has 12 atom stereocenters. The maximum Gasteiger partial charge on any atom is 0.407 e. The molecule has 0 aromatic heterocycles. The van der Waals surface area contributed by atoms with Gasteiger partial charge in [-0.2, -0.15) is 0 Å². The lowest BCUT2D eigenvalue weighted by Gasteiger charge is -2.29. The first kappa shape index (κ1) is 103. The molecular weight excluding hydrogens is 1510 g/mol. The molecule has 0 radical (unpaired) electrons. The maximum atomic E-state index is 15.2. The Morgan fingerprint density at radius 1 is 0.443 bits per heavy atom. The molecule has 0 bridgehead atoms. The number of nitrogens with one attached hydrogen (secondary N) is 16. The van der Waals surface area contributed by atoms with Crippen molar-refractivity contribution in [2.24, 2.45) is 11.3 Å². The zero-order valence-corrected chi connectivity index (χ0v) is 70.9. The van der Waals surface area contributed by atoms with E-state index >= 15 is 9.59 Å². The van der Waals surface area contributed by atoms with E-state index in [4.69, 9.17) is 28.4 Å². The predicted octanol–water partition coefficient (Wildman–Crippen LogP) is -0.265. The highest BCUT2D eigenvalue weighted by atomic mass is 16.6. The minimum absolute atomic E-state index is 0.141. The number of hydrogen-bond donors (Lipinski definition) is 18. The average Bonchev–Trinajstić information content (AvgIpc) is 1.23. The van der Waals surface area contributed by atoms with Crippen LogP contribution in [0.5, 0.6) is 0 Å². The molecule has 18 N–H and O–H groups in total. The Hall–Kier alpha value is -10.1. The van der Waals surface area contributed by atoms with E-state index < -0.39 is 278 Å². The summed E-state index contributed by atoms with van der Waals surface area (Å²) in [7, 11) is 0. The van der Waals surface area contributed by atoms with Crippen LogP contribution in [0.4, 0.5) is 24.0 Å². The number of rotatable bonds is 29. The lowest BCUT2D eigenvalue weighted by atomic mass is 9.97. The minimum Gasteiger partial charge on any atom is -0.465 e. The largest absolute Gasteiger partial charge is 0.465 e. The Kier molecular flexibility index (Phi) is 42.1. The van der Waals surface area contributed by atoms with Gasteiger partial charge in [0.05, 0.1) is 30.6 Å². The van der Waals surface area contributed by atoms with Crippen molar-refractivity contribution >= 4 is 101 Å². The van der Waals surface area contributed by atoms with Gasteiger partial charge in [0.15, 0.2) is 0 Å². The topological polar surface area (TPSA) is 579 Å². The molecule has 41 nitrogen and oxygen atoms in total. The van der Waals surface area contributed by atoms with Gasteiger partial charge in [-0.05, 0) is 189 Å². The van der Waals surface area contributed by atoms with Crippen LogP contribution in [0.25, 0.3) is 0 Å². The number of hydrogen-bond acceptors (Lipinski definition) is 25. The molecule has 0 aromatic rings. The molecular formula is C74H130N16O25. The number of amides is 16. The van der Waals surface area contributed by atoms with E-state index in [9.17, 15) is 82.1 Å². The van der Waals surface area contributed by atoms with E-state index in [1.165, 1.54) is 27.7 Å². The first-order chi connectivity index (χ1) is 52.7. The third kappa shape index (κ3) is 44.4. The van der Waals surface area contributed by atoms with Gasteiger partial charge in [-0.15, -0.1) is 0 Å². The van der Waals surface area contributed by atoms with Crippen LogP contribution in [0, 0.1) is 11.3 Å². The monoisotopic (exact) mass is 1640 g/mol. The fourth-order valence-corrected chi connectivity index (χ4v) is 10.0. The van der Waals surface area contributed by atoms with Crippen LogP contribution in [-0.2, 0) is 86.0 Å². The van der Waals surface area contributed by atoms with Crippen molar-refractivity contribution in [2.45, 2.75) is 311 Å². The van der Waals surface area contributed by atoms with Crippen LogP contribution < -0.4 is 85.1 Å². The highest BCUT2D eigenvalue weighted by molar-refractivity contribution is 5.99. The molecule has 1 saturated heterocycles. The molecule has 41 heteroatoms. The number of aliphatic hydroxyl groups is 2. The summed E-state index contributed by atoms with van der Waals surface area (Å²) in [5.74, 6) is -13.5. The molecule has 1 heterocycles. The summed E-state index contributed by atoms with van der Waals surface area (Å²) in [6, 6.07) is -17.9. The second kappa shape index (κ2) is 47.1. The Labute approximate surface area is 672 Å². The fourth-order valence-electron chi connectivity index (χ4n) is 10.0. The summed E-state index contributed by atoms with van der Waals surface area (Å²) < 4.78 is 31.9. The van der Waals surface area contributed by atoms with Crippen LogP contribution in [0.1, 0.15) is 211 Å². The maximum absolute atomic E-state index is 15.2. The van der Waals surface area contributed by atoms with Crippen LogP contribution in [0.3, 0.4) is 0 Å². The number of alkyl carbamates (subject to hydrolysis) is 5. The molecule has 1 fully saturated rings. The summed E-state index contributed by atoms with van der Waals surface area (Å²) in [5, 5.41) is 61.7. The molecule has 115 heavy (non-hydrogen) atoms. The van der Waals surface area contributed by atoms with E-state index in [1.807, 2.05) is 0 Å².